The molecule has 0 radical (unpaired) electrons. The number of hydrogen-bond donors (Lipinski definition) is 1. The van der Waals surface area contributed by atoms with Crippen LogP contribution in [0, 0.1) is 11.3 Å². The minimum Gasteiger partial charge on any atom is -0.353 e. The maximum atomic E-state index is 8.29. The van der Waals surface area contributed by atoms with Crippen LogP contribution in [0.3, 0.4) is 0 Å². The van der Waals surface area contributed by atoms with Crippen molar-refractivity contribution in [1.29, 1.82) is 5.26 Å². The first-order valence-corrected chi connectivity index (χ1v) is 7.96. The van der Waals surface area contributed by atoms with Crippen molar-refractivity contribution >= 4 is 0 Å². The second kappa shape index (κ2) is 20.3. The largest absolute Gasteiger partial charge is 0.353 e. The average Bonchev–Trinajstić information content (AvgIpc) is 2.51. The van der Waals surface area contributed by atoms with Gasteiger partial charge in [-0.3, -0.25) is 0 Å². The molecular weight excluding hydrogens is 284 g/mol. The van der Waals surface area contributed by atoms with Crippen molar-refractivity contribution in [3.63, 3.8) is 0 Å². The fourth-order valence-electron chi connectivity index (χ4n) is 1.56. The van der Waals surface area contributed by atoms with Crippen molar-refractivity contribution < 1.29 is 21.7 Å². The standard InChI is InChI=1S/C8H19NO2.C8H15NO2/c2*1-3-10-8(11-4-2)6-5-7-9/h8H,3-7,9H2,1-2H3;8H,3-6H2,1-2H3/i7D2;. The third kappa shape index (κ3) is 17.3. The Morgan fingerprint density at radius 3 is 1.64 bits per heavy atom. The summed E-state index contributed by atoms with van der Waals surface area (Å²) in [5.41, 5.74) is 5.20. The molecule has 0 fully saturated rings. The summed E-state index contributed by atoms with van der Waals surface area (Å²) in [4.78, 5) is 0. The van der Waals surface area contributed by atoms with Crippen LogP contribution in [0.5, 0.6) is 0 Å². The van der Waals surface area contributed by atoms with Crippen molar-refractivity contribution in [2.24, 2.45) is 5.73 Å². The minimum atomic E-state index is -1.63. The van der Waals surface area contributed by atoms with Crippen LogP contribution in [-0.4, -0.2) is 45.5 Å². The molecule has 2 N–H and O–H groups in total. The van der Waals surface area contributed by atoms with Gasteiger partial charge in [-0.1, -0.05) is 0 Å². The van der Waals surface area contributed by atoms with Crippen molar-refractivity contribution in [1.82, 2.24) is 0 Å². The normalized spacial score (nSPS) is 12.5. The lowest BCUT2D eigenvalue weighted by atomic mass is 10.3. The number of ether oxygens (including phenoxy) is 4. The van der Waals surface area contributed by atoms with Crippen molar-refractivity contribution in [2.45, 2.75) is 66.0 Å². The lowest BCUT2D eigenvalue weighted by molar-refractivity contribution is -0.139. The second-order valence-electron chi connectivity index (χ2n) is 4.12. The lowest BCUT2D eigenvalue weighted by Gasteiger charge is -2.15. The van der Waals surface area contributed by atoms with E-state index in [9.17, 15) is 0 Å². The van der Waals surface area contributed by atoms with Crippen LogP contribution in [0.25, 0.3) is 0 Å². The molecule has 6 heteroatoms. The molecule has 0 heterocycles. The van der Waals surface area contributed by atoms with Crippen molar-refractivity contribution in [2.75, 3.05) is 32.9 Å². The van der Waals surface area contributed by atoms with E-state index < -0.39 is 6.50 Å². The van der Waals surface area contributed by atoms with Gasteiger partial charge in [0.15, 0.2) is 12.6 Å². The van der Waals surface area contributed by atoms with E-state index in [4.69, 9.17) is 32.7 Å². The van der Waals surface area contributed by atoms with E-state index >= 15 is 0 Å². The monoisotopic (exact) mass is 320 g/mol. The molecule has 0 aromatic heterocycles. The van der Waals surface area contributed by atoms with Crippen LogP contribution in [-0.2, 0) is 18.9 Å². The molecule has 0 aromatic rings. The van der Waals surface area contributed by atoms with Gasteiger partial charge in [0.2, 0.25) is 0 Å². The summed E-state index contributed by atoms with van der Waals surface area (Å²) in [5.74, 6) is 0. The highest BCUT2D eigenvalue weighted by molar-refractivity contribution is 4.69. The Hall–Kier alpha value is -0.710. The summed E-state index contributed by atoms with van der Waals surface area (Å²) in [6.07, 6.45) is 1.38. The topological polar surface area (TPSA) is 86.7 Å². The van der Waals surface area contributed by atoms with Crippen molar-refractivity contribution in [3.8, 4) is 6.07 Å². The van der Waals surface area contributed by atoms with Gasteiger partial charge in [-0.2, -0.15) is 5.26 Å². The zero-order valence-electron chi connectivity index (χ0n) is 16.5. The van der Waals surface area contributed by atoms with Gasteiger partial charge in [-0.25, -0.2) is 0 Å². The van der Waals surface area contributed by atoms with Crippen LogP contribution in [0.1, 0.15) is 56.1 Å². The number of nitrogens with zero attached hydrogens (tertiary/aromatic N) is 1. The maximum Gasteiger partial charge on any atom is 0.158 e. The summed E-state index contributed by atoms with van der Waals surface area (Å²) in [6.45, 7) is 8.36. The highest BCUT2D eigenvalue weighted by Gasteiger charge is 2.06. The maximum absolute atomic E-state index is 8.29. The Labute approximate surface area is 138 Å². The molecule has 0 aromatic carbocycles. The van der Waals surface area contributed by atoms with Gasteiger partial charge in [0.25, 0.3) is 0 Å². The molecule has 0 unspecified atom stereocenters. The van der Waals surface area contributed by atoms with E-state index in [1.165, 1.54) is 0 Å². The van der Waals surface area contributed by atoms with Crippen LogP contribution in [0.2, 0.25) is 0 Å². The molecule has 0 amide bonds. The first-order valence-electron chi connectivity index (χ1n) is 8.96. The summed E-state index contributed by atoms with van der Waals surface area (Å²) >= 11 is 0. The SMILES string of the molecule is CCOC(CCC#N)OCC.[2H]C([2H])(N)CCC(OCC)OCC. The van der Waals surface area contributed by atoms with E-state index in [-0.39, 0.29) is 19.0 Å². The Morgan fingerprint density at radius 1 is 0.909 bits per heavy atom. The van der Waals surface area contributed by atoms with Crippen molar-refractivity contribution in [3.05, 3.63) is 0 Å². The molecule has 0 aliphatic rings. The lowest BCUT2D eigenvalue weighted by Crippen LogP contribution is -2.18. The Bertz CT molecular complexity index is 297. The molecule has 0 rings (SSSR count). The molecule has 0 saturated heterocycles. The molecule has 6 nitrogen and oxygen atoms in total. The molecule has 0 spiro atoms. The molecule has 132 valence electrons. The molecule has 0 aliphatic carbocycles. The fourth-order valence-corrected chi connectivity index (χ4v) is 1.56. The quantitative estimate of drug-likeness (QED) is 0.525. The van der Waals surface area contributed by atoms with Crippen LogP contribution < -0.4 is 5.73 Å². The second-order valence-corrected chi connectivity index (χ2v) is 4.12. The van der Waals surface area contributed by atoms with Crippen LogP contribution in [0.4, 0.5) is 0 Å². The van der Waals surface area contributed by atoms with E-state index in [2.05, 4.69) is 6.07 Å². The number of hydrogen-bond acceptors (Lipinski definition) is 6. The van der Waals surface area contributed by atoms with Gasteiger partial charge in [-0.15, -0.1) is 0 Å². The third-order valence-electron chi connectivity index (χ3n) is 2.43. The van der Waals surface area contributed by atoms with E-state index in [1.807, 2.05) is 27.7 Å². The number of nitrogens with two attached hydrogens (primary N) is 1. The first-order chi connectivity index (χ1) is 11.3. The fraction of sp³-hybridized carbons (Fsp3) is 0.938. The summed E-state index contributed by atoms with van der Waals surface area (Å²) in [7, 11) is 0. The van der Waals surface area contributed by atoms with Crippen LogP contribution >= 0.6 is 0 Å². The van der Waals surface area contributed by atoms with Gasteiger partial charge in [0.1, 0.15) is 0 Å². The van der Waals surface area contributed by atoms with E-state index in [1.54, 1.807) is 0 Å². The van der Waals surface area contributed by atoms with E-state index in [0.29, 0.717) is 45.7 Å². The summed E-state index contributed by atoms with van der Waals surface area (Å²) < 4.78 is 35.1. The summed E-state index contributed by atoms with van der Waals surface area (Å²) in [6, 6.07) is 2.05. The number of rotatable bonds is 13. The highest BCUT2D eigenvalue weighted by Crippen LogP contribution is 2.03. The molecular formula is C16H34N2O4. The zero-order valence-corrected chi connectivity index (χ0v) is 14.5. The summed E-state index contributed by atoms with van der Waals surface area (Å²) in [5, 5.41) is 8.29. The van der Waals surface area contributed by atoms with Gasteiger partial charge in [-0.05, 0) is 47.0 Å². The Kier molecular flexibility index (Phi) is 17.8. The first kappa shape index (κ1) is 19.3. The number of nitriles is 1. The molecule has 0 bridgehead atoms. The molecule has 0 saturated carbocycles. The van der Waals surface area contributed by atoms with Gasteiger partial charge >= 0.3 is 0 Å². The molecule has 0 atom stereocenters. The predicted octanol–water partition coefficient (Wildman–Crippen LogP) is 2.81. The zero-order chi connectivity index (χ0) is 18.8. The van der Waals surface area contributed by atoms with Gasteiger partial charge in [0, 0.05) is 42.0 Å². The third-order valence-corrected chi connectivity index (χ3v) is 2.43. The highest BCUT2D eigenvalue weighted by atomic mass is 16.7. The molecule has 0 aliphatic heterocycles. The predicted molar refractivity (Wildman–Crippen MR) is 87.2 cm³/mol. The van der Waals surface area contributed by atoms with Gasteiger partial charge < -0.3 is 24.7 Å². The van der Waals surface area contributed by atoms with E-state index in [0.717, 1.165) is 0 Å². The average molecular weight is 320 g/mol. The Balaban J connectivity index is 0. The minimum absolute atomic E-state index is 0.190. The smallest absolute Gasteiger partial charge is 0.158 e. The Morgan fingerprint density at radius 2 is 1.32 bits per heavy atom. The van der Waals surface area contributed by atoms with Crippen LogP contribution in [0.15, 0.2) is 0 Å². The molecule has 22 heavy (non-hydrogen) atoms. The van der Waals surface area contributed by atoms with Gasteiger partial charge in [0.05, 0.1) is 6.07 Å².